The van der Waals surface area contributed by atoms with Gasteiger partial charge >= 0.3 is 0 Å². The molecule has 1 amide bonds. The molecule has 0 saturated carbocycles. The van der Waals surface area contributed by atoms with Gasteiger partial charge in [-0.25, -0.2) is 4.99 Å². The molecule has 2 aromatic rings. The van der Waals surface area contributed by atoms with Gasteiger partial charge in [-0.3, -0.25) is 4.79 Å². The lowest BCUT2D eigenvalue weighted by Gasteiger charge is -2.19. The highest BCUT2D eigenvalue weighted by molar-refractivity contribution is 5.94. The molecule has 168 valence electrons. The van der Waals surface area contributed by atoms with Gasteiger partial charge in [-0.15, -0.1) is 0 Å². The van der Waals surface area contributed by atoms with Gasteiger partial charge in [0.15, 0.2) is 5.96 Å². The number of nitrogens with zero attached hydrogens (tertiary/aromatic N) is 1. The number of benzene rings is 2. The summed E-state index contributed by atoms with van der Waals surface area (Å²) in [5.41, 5.74) is 3.92. The van der Waals surface area contributed by atoms with Gasteiger partial charge in [0.2, 0.25) is 0 Å². The second-order valence-corrected chi connectivity index (χ2v) is 8.37. The fraction of sp³-hybridized carbons (Fsp3) is 0.440. The Bertz CT molecular complexity index is 872. The highest BCUT2D eigenvalue weighted by Crippen LogP contribution is 2.13. The number of carbonyl (C=O) groups excluding carboxylic acids is 1. The van der Waals surface area contributed by atoms with Crippen molar-refractivity contribution in [2.75, 3.05) is 20.1 Å². The Morgan fingerprint density at radius 2 is 1.71 bits per heavy atom. The first-order valence-electron chi connectivity index (χ1n) is 10.9. The predicted octanol–water partition coefficient (Wildman–Crippen LogP) is 3.66. The van der Waals surface area contributed by atoms with Gasteiger partial charge in [-0.2, -0.15) is 0 Å². The van der Waals surface area contributed by atoms with E-state index in [0.29, 0.717) is 18.7 Å². The number of guanidine groups is 1. The van der Waals surface area contributed by atoms with Crippen molar-refractivity contribution >= 4 is 11.9 Å². The van der Waals surface area contributed by atoms with Crippen molar-refractivity contribution < 1.29 is 9.53 Å². The summed E-state index contributed by atoms with van der Waals surface area (Å²) >= 11 is 0. The number of carbonyl (C=O) groups is 1. The van der Waals surface area contributed by atoms with E-state index in [1.165, 1.54) is 0 Å². The van der Waals surface area contributed by atoms with Crippen LogP contribution in [0, 0.1) is 0 Å². The molecule has 0 fully saturated rings. The van der Waals surface area contributed by atoms with E-state index < -0.39 is 0 Å². The zero-order valence-electron chi connectivity index (χ0n) is 19.4. The highest BCUT2D eigenvalue weighted by atomic mass is 16.5. The number of hydrogen-bond donors (Lipinski definition) is 3. The van der Waals surface area contributed by atoms with Crippen molar-refractivity contribution in [3.05, 3.63) is 70.8 Å². The van der Waals surface area contributed by atoms with E-state index in [-0.39, 0.29) is 11.5 Å². The smallest absolute Gasteiger partial charge is 0.251 e. The van der Waals surface area contributed by atoms with E-state index in [0.717, 1.165) is 42.2 Å². The Kier molecular flexibility index (Phi) is 9.53. The molecule has 2 aromatic carbocycles. The topological polar surface area (TPSA) is 74.8 Å². The molecule has 2 rings (SSSR count). The van der Waals surface area contributed by atoms with Crippen molar-refractivity contribution in [1.82, 2.24) is 16.0 Å². The van der Waals surface area contributed by atoms with E-state index in [2.05, 4.69) is 61.8 Å². The molecule has 31 heavy (non-hydrogen) atoms. The number of nitrogens with one attached hydrogen (secondary N) is 3. The molecule has 0 aliphatic carbocycles. The quantitative estimate of drug-likeness (QED) is 0.424. The molecule has 0 unspecified atom stereocenters. The molecule has 3 N–H and O–H groups in total. The first-order chi connectivity index (χ1) is 14.8. The number of ether oxygens (including phenoxy) is 1. The van der Waals surface area contributed by atoms with Crippen LogP contribution in [0.2, 0.25) is 0 Å². The van der Waals surface area contributed by atoms with Gasteiger partial charge in [-0.05, 0) is 62.9 Å². The van der Waals surface area contributed by atoms with Crippen LogP contribution in [-0.2, 0) is 24.3 Å². The third-order valence-corrected chi connectivity index (χ3v) is 4.55. The maximum Gasteiger partial charge on any atom is 0.251 e. The van der Waals surface area contributed by atoms with Crippen molar-refractivity contribution in [2.24, 2.45) is 4.99 Å². The molecule has 0 radical (unpaired) electrons. The summed E-state index contributed by atoms with van der Waals surface area (Å²) in [4.78, 5) is 16.5. The zero-order valence-corrected chi connectivity index (χ0v) is 19.4. The number of rotatable bonds is 9. The molecule has 0 aliphatic heterocycles. The third-order valence-electron chi connectivity index (χ3n) is 4.55. The van der Waals surface area contributed by atoms with Crippen LogP contribution in [0.25, 0.3) is 0 Å². The average Bonchev–Trinajstić information content (AvgIpc) is 2.75. The molecule has 0 aromatic heterocycles. The number of amides is 1. The summed E-state index contributed by atoms with van der Waals surface area (Å²) in [5.74, 6) is 0.709. The summed E-state index contributed by atoms with van der Waals surface area (Å²) in [7, 11) is 1.64. The summed E-state index contributed by atoms with van der Waals surface area (Å²) in [6.45, 7) is 10.9. The van der Waals surface area contributed by atoms with Crippen LogP contribution in [0.3, 0.4) is 0 Å². The van der Waals surface area contributed by atoms with E-state index >= 15 is 0 Å². The Morgan fingerprint density at radius 1 is 1.00 bits per heavy atom. The highest BCUT2D eigenvalue weighted by Gasteiger charge is 2.10. The van der Waals surface area contributed by atoms with Crippen molar-refractivity contribution in [3.8, 4) is 0 Å². The molecular formula is C25H36N4O2. The lowest BCUT2D eigenvalue weighted by molar-refractivity contribution is -0.0149. The molecular weight excluding hydrogens is 388 g/mol. The minimum atomic E-state index is -0.157. The Hall–Kier alpha value is -2.86. The molecule has 0 aliphatic rings. The molecule has 6 heteroatoms. The molecule has 6 nitrogen and oxygen atoms in total. The van der Waals surface area contributed by atoms with Crippen molar-refractivity contribution in [1.29, 1.82) is 0 Å². The average molecular weight is 425 g/mol. The molecule has 0 heterocycles. The fourth-order valence-electron chi connectivity index (χ4n) is 2.97. The van der Waals surface area contributed by atoms with Crippen LogP contribution in [-0.4, -0.2) is 37.6 Å². The second kappa shape index (κ2) is 12.1. The standard InChI is InChI=1S/C25H36N4O2/c1-6-27-24(28-14-13-19-9-8-12-22(16-19)23(30)26-5)29-17-20-10-7-11-21(15-20)18-31-25(2,3)4/h7-12,15-16H,6,13-14,17-18H2,1-5H3,(H,26,30)(H2,27,28,29). The Labute approximate surface area is 186 Å². The fourth-order valence-corrected chi connectivity index (χ4v) is 2.97. The minimum Gasteiger partial charge on any atom is -0.371 e. The largest absolute Gasteiger partial charge is 0.371 e. The van der Waals surface area contributed by atoms with Crippen molar-refractivity contribution in [2.45, 2.75) is 52.9 Å². The number of aliphatic imine (C=N–C) groups is 1. The van der Waals surface area contributed by atoms with E-state index in [4.69, 9.17) is 9.73 Å². The van der Waals surface area contributed by atoms with Crippen LogP contribution in [0.5, 0.6) is 0 Å². The van der Waals surface area contributed by atoms with Gasteiger partial charge in [0.25, 0.3) is 5.91 Å². The third kappa shape index (κ3) is 9.22. The van der Waals surface area contributed by atoms with Crippen LogP contribution >= 0.6 is 0 Å². The molecule has 0 spiro atoms. The van der Waals surface area contributed by atoms with E-state index in [9.17, 15) is 4.79 Å². The van der Waals surface area contributed by atoms with Gasteiger partial charge in [-0.1, -0.05) is 36.4 Å². The van der Waals surface area contributed by atoms with Crippen LogP contribution < -0.4 is 16.0 Å². The van der Waals surface area contributed by atoms with Gasteiger partial charge in [0.1, 0.15) is 0 Å². The van der Waals surface area contributed by atoms with Gasteiger partial charge in [0, 0.05) is 25.7 Å². The lowest BCUT2D eigenvalue weighted by Crippen LogP contribution is -2.38. The Balaban J connectivity index is 1.93. The molecule has 0 bridgehead atoms. The lowest BCUT2D eigenvalue weighted by atomic mass is 10.1. The monoisotopic (exact) mass is 424 g/mol. The molecule has 0 saturated heterocycles. The minimum absolute atomic E-state index is 0.0696. The maximum absolute atomic E-state index is 11.8. The summed E-state index contributed by atoms with van der Waals surface area (Å²) < 4.78 is 5.87. The van der Waals surface area contributed by atoms with Crippen LogP contribution in [0.4, 0.5) is 0 Å². The first kappa shape index (κ1) is 24.4. The summed E-state index contributed by atoms with van der Waals surface area (Å²) in [6, 6.07) is 16.0. The van der Waals surface area contributed by atoms with E-state index in [1.54, 1.807) is 7.05 Å². The normalized spacial score (nSPS) is 11.8. The van der Waals surface area contributed by atoms with Crippen LogP contribution in [0.15, 0.2) is 53.5 Å². The predicted molar refractivity (Wildman–Crippen MR) is 127 cm³/mol. The van der Waals surface area contributed by atoms with Gasteiger partial charge < -0.3 is 20.7 Å². The Morgan fingerprint density at radius 3 is 2.42 bits per heavy atom. The summed E-state index contributed by atoms with van der Waals surface area (Å²) in [6.07, 6.45) is 0.800. The SMILES string of the molecule is CCNC(=NCc1cccc(COC(C)(C)C)c1)NCCc1cccc(C(=O)NC)c1. The van der Waals surface area contributed by atoms with Crippen molar-refractivity contribution in [3.63, 3.8) is 0 Å². The van der Waals surface area contributed by atoms with Crippen LogP contribution in [0.1, 0.15) is 54.7 Å². The second-order valence-electron chi connectivity index (χ2n) is 8.37. The van der Waals surface area contributed by atoms with E-state index in [1.807, 2.05) is 30.3 Å². The maximum atomic E-state index is 11.8. The van der Waals surface area contributed by atoms with Gasteiger partial charge in [0.05, 0.1) is 18.8 Å². The summed E-state index contributed by atoms with van der Waals surface area (Å²) in [5, 5.41) is 9.32. The first-order valence-corrected chi connectivity index (χ1v) is 10.9. The zero-order chi connectivity index (χ0) is 22.7. The number of hydrogen-bond acceptors (Lipinski definition) is 3. The molecule has 0 atom stereocenters.